The zero-order chi connectivity index (χ0) is 35.2. The fourth-order valence-electron chi connectivity index (χ4n) is 6.71. The van der Waals surface area contributed by atoms with Crippen LogP contribution in [0.3, 0.4) is 0 Å². The summed E-state index contributed by atoms with van der Waals surface area (Å²) >= 11 is 12.0. The number of hydrogen-bond acceptors (Lipinski definition) is 10. The number of ether oxygens (including phenoxy) is 1. The van der Waals surface area contributed by atoms with Gasteiger partial charge in [-0.05, 0) is 88.3 Å². The van der Waals surface area contributed by atoms with Gasteiger partial charge < -0.3 is 19.6 Å². The average molecular weight is 730 g/mol. The number of fused-ring (bicyclic) bond motifs is 2. The molecule has 6 aromatic heterocycles. The quantitative estimate of drug-likeness (QED) is 0.162. The second-order valence-electron chi connectivity index (χ2n) is 13.2. The number of rotatable bonds is 11. The Kier molecular flexibility index (Phi) is 11.5. The van der Waals surface area contributed by atoms with Crippen molar-refractivity contribution in [3.8, 4) is 22.3 Å². The average Bonchev–Trinajstić information content (AvgIpc) is 3.97. The van der Waals surface area contributed by atoms with Gasteiger partial charge in [0, 0.05) is 67.2 Å². The second-order valence-corrected chi connectivity index (χ2v) is 14.0. The first-order chi connectivity index (χ1) is 24.9. The molecule has 266 valence electrons. The van der Waals surface area contributed by atoms with Crippen molar-refractivity contribution in [1.29, 1.82) is 0 Å². The largest absolute Gasteiger partial charge is 0.390 e. The van der Waals surface area contributed by atoms with Gasteiger partial charge in [-0.25, -0.2) is 9.97 Å². The Hall–Kier alpha value is -4.04. The Morgan fingerprint density at radius 1 is 0.627 bits per heavy atom. The van der Waals surface area contributed by atoms with E-state index < -0.39 is 6.10 Å². The van der Waals surface area contributed by atoms with Crippen LogP contribution in [0.4, 0.5) is 0 Å². The molecule has 12 nitrogen and oxygen atoms in total. The number of likely N-dealkylation sites (tertiary alicyclic amines) is 2. The predicted octanol–water partition coefficient (Wildman–Crippen LogP) is 5.86. The van der Waals surface area contributed by atoms with Crippen LogP contribution < -0.4 is 0 Å². The number of nitrogens with zero attached hydrogens (tertiary/aromatic N) is 10. The van der Waals surface area contributed by atoms with E-state index in [0.717, 1.165) is 70.5 Å². The summed E-state index contributed by atoms with van der Waals surface area (Å²) in [5.41, 5.74) is 7.05. The van der Waals surface area contributed by atoms with E-state index in [1.165, 1.54) is 38.8 Å². The molecule has 0 bridgehead atoms. The van der Waals surface area contributed by atoms with Gasteiger partial charge in [-0.15, -0.1) is 0 Å². The number of aromatic nitrogens is 8. The molecule has 2 atom stereocenters. The maximum Gasteiger partial charge on any atom is 0.129 e. The van der Waals surface area contributed by atoms with Gasteiger partial charge >= 0.3 is 0 Å². The lowest BCUT2D eigenvalue weighted by atomic mass is 10.1. The summed E-state index contributed by atoms with van der Waals surface area (Å²) in [5.74, 6) is 0. The van der Waals surface area contributed by atoms with Gasteiger partial charge in [0.1, 0.15) is 10.3 Å². The predicted molar refractivity (Wildman–Crippen MR) is 200 cm³/mol. The van der Waals surface area contributed by atoms with Gasteiger partial charge in [0.25, 0.3) is 0 Å². The number of pyridine rings is 4. The lowest BCUT2D eigenvalue weighted by Gasteiger charge is -2.22. The minimum Gasteiger partial charge on any atom is -0.390 e. The van der Waals surface area contributed by atoms with E-state index in [-0.39, 0.29) is 6.10 Å². The van der Waals surface area contributed by atoms with Gasteiger partial charge in [-0.3, -0.25) is 19.3 Å². The molecule has 2 unspecified atom stereocenters. The first-order valence-electron chi connectivity index (χ1n) is 17.4. The number of aliphatic hydroxyl groups is 1. The maximum absolute atomic E-state index is 10.3. The molecule has 1 N–H and O–H groups in total. The summed E-state index contributed by atoms with van der Waals surface area (Å²) in [4.78, 5) is 22.3. The summed E-state index contributed by atoms with van der Waals surface area (Å²) in [6.45, 7) is 7.38. The highest BCUT2D eigenvalue weighted by molar-refractivity contribution is 6.30. The highest BCUT2D eigenvalue weighted by Gasteiger charge is 2.19. The zero-order valence-corrected chi connectivity index (χ0v) is 30.2. The molecular weight excluding hydrogens is 687 g/mol. The van der Waals surface area contributed by atoms with Crippen molar-refractivity contribution in [2.45, 2.75) is 51.0 Å². The first-order valence-corrected chi connectivity index (χ1v) is 18.2. The molecule has 0 aromatic carbocycles. The Bertz CT molecular complexity index is 2060. The molecule has 0 aliphatic carbocycles. The van der Waals surface area contributed by atoms with E-state index in [4.69, 9.17) is 27.9 Å². The van der Waals surface area contributed by atoms with Crippen LogP contribution >= 0.6 is 23.2 Å². The van der Waals surface area contributed by atoms with Crippen molar-refractivity contribution in [1.82, 2.24) is 49.3 Å². The van der Waals surface area contributed by atoms with Crippen LogP contribution in [-0.4, -0.2) is 113 Å². The second kappa shape index (κ2) is 16.5. The SMILES string of the molecule is COC(CN1CCCC1)Cn1cc(-c2cnc3ccc(Cl)nc3c2)cn1.OC(CN1CCCC1)Cn1cc(-c2cnc3ccc(Cl)nc3c2)cn1. The highest BCUT2D eigenvalue weighted by Crippen LogP contribution is 2.24. The van der Waals surface area contributed by atoms with E-state index in [2.05, 4.69) is 39.9 Å². The molecule has 0 saturated carbocycles. The number of β-amino-alcohol motifs (C(OH)–C–C–N with tert-alkyl or cyclic N) is 1. The van der Waals surface area contributed by atoms with Gasteiger partial charge in [0.15, 0.2) is 0 Å². The number of methoxy groups -OCH3 is 1. The smallest absolute Gasteiger partial charge is 0.129 e. The van der Waals surface area contributed by atoms with Crippen molar-refractivity contribution in [2.24, 2.45) is 0 Å². The van der Waals surface area contributed by atoms with Crippen LogP contribution in [0.15, 0.2) is 73.6 Å². The van der Waals surface area contributed by atoms with Gasteiger partial charge in [-0.2, -0.15) is 10.2 Å². The van der Waals surface area contributed by atoms with E-state index >= 15 is 0 Å². The standard InChI is InChI=1S/C19H22ClN5O.C18H20ClN5O/c1-26-16(12-24-6-2-3-7-24)13-25-11-15(10-22-25)14-8-18-17(21-9-14)4-5-19(20)23-18;19-18-4-3-16-17(22-18)7-13(8-20-16)14-9-21-24(10-14)12-15(25)11-23-5-1-2-6-23/h4-5,8-11,16H,2-3,6-7,12-13H2,1H3;3-4,7-10,15,25H,1-2,5-6,11-12H2. The summed E-state index contributed by atoms with van der Waals surface area (Å²) in [6, 6.07) is 11.2. The van der Waals surface area contributed by atoms with Crippen molar-refractivity contribution in [3.63, 3.8) is 0 Å². The molecule has 0 spiro atoms. The molecule has 14 heteroatoms. The topological polar surface area (TPSA) is 123 Å². The van der Waals surface area contributed by atoms with Crippen molar-refractivity contribution >= 4 is 45.3 Å². The molecule has 51 heavy (non-hydrogen) atoms. The normalized spacial score (nSPS) is 16.5. The Labute approximate surface area is 307 Å². The molecule has 2 aliphatic heterocycles. The van der Waals surface area contributed by atoms with Crippen LogP contribution in [-0.2, 0) is 17.8 Å². The van der Waals surface area contributed by atoms with Crippen LogP contribution in [0.25, 0.3) is 44.3 Å². The van der Waals surface area contributed by atoms with E-state index in [9.17, 15) is 5.11 Å². The lowest BCUT2D eigenvalue weighted by molar-refractivity contribution is 0.0558. The molecule has 2 saturated heterocycles. The summed E-state index contributed by atoms with van der Waals surface area (Å²) in [5, 5.41) is 20.1. The Morgan fingerprint density at radius 2 is 1.12 bits per heavy atom. The van der Waals surface area contributed by atoms with E-state index in [0.29, 0.717) is 23.4 Å². The Morgan fingerprint density at radius 3 is 1.63 bits per heavy atom. The summed E-state index contributed by atoms with van der Waals surface area (Å²) < 4.78 is 9.39. The molecule has 0 amide bonds. The van der Waals surface area contributed by atoms with Crippen LogP contribution in [0.2, 0.25) is 10.3 Å². The summed E-state index contributed by atoms with van der Waals surface area (Å²) in [6.07, 6.45) is 16.0. The van der Waals surface area contributed by atoms with Crippen LogP contribution in [0.5, 0.6) is 0 Å². The van der Waals surface area contributed by atoms with Gasteiger partial charge in [-0.1, -0.05) is 23.2 Å². The fraction of sp³-hybridized carbons (Fsp3) is 0.405. The molecular formula is C37H42Cl2N10O2. The molecule has 8 heterocycles. The monoisotopic (exact) mass is 728 g/mol. The highest BCUT2D eigenvalue weighted by atomic mass is 35.5. The third-order valence-electron chi connectivity index (χ3n) is 9.39. The van der Waals surface area contributed by atoms with E-state index in [1.54, 1.807) is 36.3 Å². The van der Waals surface area contributed by atoms with Crippen molar-refractivity contribution in [2.75, 3.05) is 46.4 Å². The Balaban J connectivity index is 0.000000159. The zero-order valence-electron chi connectivity index (χ0n) is 28.7. The number of aliphatic hydroxyl groups excluding tert-OH is 1. The van der Waals surface area contributed by atoms with Gasteiger partial charge in [0.05, 0.1) is 59.8 Å². The maximum atomic E-state index is 10.3. The molecule has 2 aliphatic rings. The minimum atomic E-state index is -0.416. The van der Waals surface area contributed by atoms with Crippen LogP contribution in [0, 0.1) is 0 Å². The lowest BCUT2D eigenvalue weighted by Crippen LogP contribution is -2.34. The molecule has 2 fully saturated rings. The minimum absolute atomic E-state index is 0.135. The third kappa shape index (κ3) is 9.26. The molecule has 0 radical (unpaired) electrons. The molecule has 6 aromatic rings. The number of halogens is 2. The number of hydrogen-bond donors (Lipinski definition) is 1. The van der Waals surface area contributed by atoms with Crippen molar-refractivity contribution in [3.05, 3.63) is 83.9 Å². The third-order valence-corrected chi connectivity index (χ3v) is 9.81. The van der Waals surface area contributed by atoms with Gasteiger partial charge in [0.2, 0.25) is 0 Å². The first kappa shape index (κ1) is 35.4. The van der Waals surface area contributed by atoms with Crippen LogP contribution in [0.1, 0.15) is 25.7 Å². The van der Waals surface area contributed by atoms with Crippen molar-refractivity contribution < 1.29 is 9.84 Å². The van der Waals surface area contributed by atoms with E-state index in [1.807, 2.05) is 53.7 Å². The molecule has 8 rings (SSSR count). The summed E-state index contributed by atoms with van der Waals surface area (Å²) in [7, 11) is 1.77. The fourth-order valence-corrected chi connectivity index (χ4v) is 7.02.